The lowest BCUT2D eigenvalue weighted by Crippen LogP contribution is -2.40. The van der Waals surface area contributed by atoms with Crippen LogP contribution in [0.3, 0.4) is 0 Å². The van der Waals surface area contributed by atoms with Crippen LogP contribution >= 0.6 is 11.3 Å². The molecule has 1 atom stereocenters. The number of anilines is 1. The first kappa shape index (κ1) is 16.3. The van der Waals surface area contributed by atoms with E-state index in [1.807, 2.05) is 35.9 Å². The van der Waals surface area contributed by atoms with E-state index in [-0.39, 0.29) is 12.6 Å². The average Bonchev–Trinajstić information content (AvgIpc) is 3.03. The van der Waals surface area contributed by atoms with Crippen molar-refractivity contribution in [3.05, 3.63) is 46.2 Å². The van der Waals surface area contributed by atoms with Crippen LogP contribution in [0, 0.1) is 6.92 Å². The molecule has 5 nitrogen and oxygen atoms in total. The van der Waals surface area contributed by atoms with Gasteiger partial charge >= 0.3 is 6.03 Å². The van der Waals surface area contributed by atoms with Gasteiger partial charge in [0.15, 0.2) is 0 Å². The quantitative estimate of drug-likeness (QED) is 0.793. The van der Waals surface area contributed by atoms with Gasteiger partial charge in [-0.05, 0) is 47.9 Å². The molecule has 0 radical (unpaired) electrons. The number of benzene rings is 1. The molecule has 0 saturated carbocycles. The molecule has 1 aromatic heterocycles. The molecule has 6 heteroatoms. The van der Waals surface area contributed by atoms with E-state index < -0.39 is 5.60 Å². The highest BCUT2D eigenvalue weighted by Gasteiger charge is 2.24. The molecule has 2 aromatic rings. The minimum Gasteiger partial charge on any atom is -0.497 e. The van der Waals surface area contributed by atoms with E-state index in [0.717, 1.165) is 11.1 Å². The summed E-state index contributed by atoms with van der Waals surface area (Å²) in [6.45, 7) is 3.70. The molecular weight excluding hydrogens is 300 g/mol. The van der Waals surface area contributed by atoms with Gasteiger partial charge in [0.2, 0.25) is 0 Å². The highest BCUT2D eigenvalue weighted by molar-refractivity contribution is 7.08. The smallest absolute Gasteiger partial charge is 0.319 e. The number of carbonyl (C=O) groups is 1. The fraction of sp³-hybridized carbons (Fsp3) is 0.312. The molecule has 0 saturated heterocycles. The Morgan fingerprint density at radius 3 is 2.82 bits per heavy atom. The van der Waals surface area contributed by atoms with Gasteiger partial charge in [0.25, 0.3) is 0 Å². The Morgan fingerprint density at radius 1 is 1.41 bits per heavy atom. The van der Waals surface area contributed by atoms with Crippen LogP contribution in [0.25, 0.3) is 0 Å². The number of hydrogen-bond donors (Lipinski definition) is 3. The number of methoxy groups -OCH3 is 1. The minimum absolute atomic E-state index is 0.124. The normalized spacial score (nSPS) is 13.3. The monoisotopic (exact) mass is 320 g/mol. The number of aliphatic hydroxyl groups is 1. The Labute approximate surface area is 133 Å². The second-order valence-corrected chi connectivity index (χ2v) is 6.05. The lowest BCUT2D eigenvalue weighted by Gasteiger charge is -2.23. The molecule has 118 valence electrons. The Hall–Kier alpha value is -2.05. The van der Waals surface area contributed by atoms with Crippen LogP contribution in [-0.2, 0) is 5.60 Å². The third kappa shape index (κ3) is 3.99. The van der Waals surface area contributed by atoms with E-state index in [1.54, 1.807) is 20.1 Å². The maximum absolute atomic E-state index is 12.0. The lowest BCUT2D eigenvalue weighted by atomic mass is 9.99. The second kappa shape index (κ2) is 6.81. The van der Waals surface area contributed by atoms with Crippen molar-refractivity contribution in [2.45, 2.75) is 19.4 Å². The number of amides is 2. The average molecular weight is 320 g/mol. The predicted octanol–water partition coefficient (Wildman–Crippen LogP) is 3.09. The van der Waals surface area contributed by atoms with Gasteiger partial charge in [-0.3, -0.25) is 0 Å². The Kier molecular flexibility index (Phi) is 5.05. The molecule has 2 rings (SSSR count). The van der Waals surface area contributed by atoms with Gasteiger partial charge in [-0.25, -0.2) is 4.79 Å². The van der Waals surface area contributed by atoms with Crippen molar-refractivity contribution in [1.82, 2.24) is 5.32 Å². The number of nitrogens with one attached hydrogen (secondary N) is 2. The predicted molar refractivity (Wildman–Crippen MR) is 88.6 cm³/mol. The molecule has 1 aromatic carbocycles. The molecule has 22 heavy (non-hydrogen) atoms. The molecule has 0 spiro atoms. The summed E-state index contributed by atoms with van der Waals surface area (Å²) < 4.78 is 5.14. The van der Waals surface area contributed by atoms with Crippen molar-refractivity contribution in [2.75, 3.05) is 19.0 Å². The van der Waals surface area contributed by atoms with Crippen LogP contribution in [0.4, 0.5) is 10.5 Å². The van der Waals surface area contributed by atoms with E-state index in [0.29, 0.717) is 11.4 Å². The molecule has 0 fully saturated rings. The molecule has 1 unspecified atom stereocenters. The van der Waals surface area contributed by atoms with Crippen molar-refractivity contribution in [2.24, 2.45) is 0 Å². The minimum atomic E-state index is -1.10. The zero-order chi connectivity index (χ0) is 16.2. The highest BCUT2D eigenvalue weighted by Crippen LogP contribution is 2.23. The van der Waals surface area contributed by atoms with Crippen molar-refractivity contribution in [3.63, 3.8) is 0 Å². The largest absolute Gasteiger partial charge is 0.497 e. The molecule has 0 aliphatic rings. The van der Waals surface area contributed by atoms with Gasteiger partial charge in [0, 0.05) is 11.8 Å². The van der Waals surface area contributed by atoms with Gasteiger partial charge in [-0.15, -0.1) is 0 Å². The standard InChI is InChI=1S/C16H20N2O3S/c1-11-4-5-13(21-3)8-14(11)18-15(19)17-10-16(2,20)12-6-7-22-9-12/h4-9,20H,10H2,1-3H3,(H2,17,18,19). The van der Waals surface area contributed by atoms with Crippen LogP contribution in [0.5, 0.6) is 5.75 Å². The van der Waals surface area contributed by atoms with Gasteiger partial charge in [0.1, 0.15) is 11.4 Å². The topological polar surface area (TPSA) is 70.6 Å². The van der Waals surface area contributed by atoms with Crippen molar-refractivity contribution >= 4 is 23.1 Å². The van der Waals surface area contributed by atoms with E-state index >= 15 is 0 Å². The summed E-state index contributed by atoms with van der Waals surface area (Å²) in [7, 11) is 1.58. The number of rotatable bonds is 5. The summed E-state index contributed by atoms with van der Waals surface area (Å²) in [5, 5.41) is 19.6. The molecule has 0 aliphatic heterocycles. The number of ether oxygens (including phenoxy) is 1. The maximum atomic E-state index is 12.0. The first-order valence-corrected chi connectivity index (χ1v) is 7.81. The van der Waals surface area contributed by atoms with Crippen LogP contribution in [0.2, 0.25) is 0 Å². The van der Waals surface area contributed by atoms with Crippen LogP contribution in [-0.4, -0.2) is 24.8 Å². The van der Waals surface area contributed by atoms with Crippen molar-refractivity contribution in [3.8, 4) is 5.75 Å². The Morgan fingerprint density at radius 2 is 2.18 bits per heavy atom. The van der Waals surface area contributed by atoms with Crippen molar-refractivity contribution in [1.29, 1.82) is 0 Å². The first-order chi connectivity index (χ1) is 10.4. The Balaban J connectivity index is 1.96. The number of hydrogen-bond acceptors (Lipinski definition) is 4. The molecular formula is C16H20N2O3S. The van der Waals surface area contributed by atoms with E-state index in [1.165, 1.54) is 11.3 Å². The molecule has 2 amide bonds. The second-order valence-electron chi connectivity index (χ2n) is 5.27. The third-order valence-corrected chi connectivity index (χ3v) is 4.11. The van der Waals surface area contributed by atoms with E-state index in [9.17, 15) is 9.90 Å². The fourth-order valence-corrected chi connectivity index (χ4v) is 2.74. The van der Waals surface area contributed by atoms with Crippen LogP contribution in [0.1, 0.15) is 18.1 Å². The molecule has 1 heterocycles. The Bertz CT molecular complexity index is 639. The van der Waals surface area contributed by atoms with Gasteiger partial charge in [-0.2, -0.15) is 11.3 Å². The molecule has 0 bridgehead atoms. The van der Waals surface area contributed by atoms with Gasteiger partial charge in [0.05, 0.1) is 13.7 Å². The lowest BCUT2D eigenvalue weighted by molar-refractivity contribution is 0.0604. The zero-order valence-corrected chi connectivity index (χ0v) is 13.7. The summed E-state index contributed by atoms with van der Waals surface area (Å²) in [6.07, 6.45) is 0. The highest BCUT2D eigenvalue weighted by atomic mass is 32.1. The number of thiophene rings is 1. The molecule has 0 aliphatic carbocycles. The van der Waals surface area contributed by atoms with E-state index in [4.69, 9.17) is 4.74 Å². The molecule has 3 N–H and O–H groups in total. The van der Waals surface area contributed by atoms with Crippen LogP contribution in [0.15, 0.2) is 35.0 Å². The SMILES string of the molecule is COc1ccc(C)c(NC(=O)NCC(C)(O)c2ccsc2)c1. The summed E-state index contributed by atoms with van der Waals surface area (Å²) in [5.74, 6) is 0.672. The zero-order valence-electron chi connectivity index (χ0n) is 12.8. The van der Waals surface area contributed by atoms with Crippen molar-refractivity contribution < 1.29 is 14.6 Å². The van der Waals surface area contributed by atoms with Crippen LogP contribution < -0.4 is 15.4 Å². The maximum Gasteiger partial charge on any atom is 0.319 e. The summed E-state index contributed by atoms with van der Waals surface area (Å²) >= 11 is 1.51. The summed E-state index contributed by atoms with van der Waals surface area (Å²) in [6, 6.07) is 6.94. The number of urea groups is 1. The number of aryl methyl sites for hydroxylation is 1. The first-order valence-electron chi connectivity index (χ1n) is 6.87. The van der Waals surface area contributed by atoms with E-state index in [2.05, 4.69) is 10.6 Å². The summed E-state index contributed by atoms with van der Waals surface area (Å²) in [4.78, 5) is 12.0. The fourth-order valence-electron chi connectivity index (χ4n) is 1.95. The van der Waals surface area contributed by atoms with Gasteiger partial charge in [-0.1, -0.05) is 6.07 Å². The third-order valence-electron chi connectivity index (χ3n) is 3.43. The van der Waals surface area contributed by atoms with Gasteiger partial charge < -0.3 is 20.5 Å². The number of carbonyl (C=O) groups excluding carboxylic acids is 1. The summed E-state index contributed by atoms with van der Waals surface area (Å²) in [5.41, 5.74) is 1.30.